The van der Waals surface area contributed by atoms with E-state index in [9.17, 15) is 5.11 Å². The molecule has 1 atom stereocenters. The van der Waals surface area contributed by atoms with E-state index in [-0.39, 0.29) is 0 Å². The second-order valence-corrected chi connectivity index (χ2v) is 8.68. The Bertz CT molecular complexity index is 994. The number of rotatable bonds is 11. The number of aliphatic hydroxyl groups is 1. The first-order valence-electron chi connectivity index (χ1n) is 12.3. The summed E-state index contributed by atoms with van der Waals surface area (Å²) in [6, 6.07) is 28.5. The van der Waals surface area contributed by atoms with E-state index in [2.05, 4.69) is 54.9 Å². The van der Waals surface area contributed by atoms with E-state index in [0.29, 0.717) is 6.42 Å². The van der Waals surface area contributed by atoms with Gasteiger partial charge in [-0.05, 0) is 48.2 Å². The summed E-state index contributed by atoms with van der Waals surface area (Å²) in [5, 5.41) is 11.8. The van der Waals surface area contributed by atoms with Crippen LogP contribution >= 0.6 is 0 Å². The van der Waals surface area contributed by atoms with E-state index in [1.54, 1.807) is 0 Å². The van der Waals surface area contributed by atoms with Crippen molar-refractivity contribution >= 4 is 0 Å². The van der Waals surface area contributed by atoms with E-state index >= 15 is 0 Å². The van der Waals surface area contributed by atoms with Gasteiger partial charge >= 0.3 is 0 Å². The zero-order valence-corrected chi connectivity index (χ0v) is 20.1. The van der Waals surface area contributed by atoms with Gasteiger partial charge in [-0.15, -0.1) is 0 Å². The molecule has 0 fully saturated rings. The fraction of sp³-hybridized carbons (Fsp3) is 0.355. The Kier molecular flexibility index (Phi) is 9.76. The van der Waals surface area contributed by atoms with Crippen molar-refractivity contribution in [3.8, 4) is 23.0 Å². The minimum absolute atomic E-state index is 0.372. The first kappa shape index (κ1) is 24.8. The number of benzene rings is 3. The Labute approximate surface area is 200 Å². The average molecular weight is 440 g/mol. The zero-order valence-electron chi connectivity index (χ0n) is 20.1. The largest absolute Gasteiger partial charge is 0.379 e. The molecule has 0 unspecified atom stereocenters. The molecule has 33 heavy (non-hydrogen) atoms. The van der Waals surface area contributed by atoms with Crippen LogP contribution in [0.3, 0.4) is 0 Å². The predicted molar refractivity (Wildman–Crippen MR) is 140 cm³/mol. The Morgan fingerprint density at radius 1 is 0.667 bits per heavy atom. The highest BCUT2D eigenvalue weighted by molar-refractivity contribution is 5.64. The maximum absolute atomic E-state index is 11.8. The lowest BCUT2D eigenvalue weighted by Crippen LogP contribution is -2.28. The molecule has 0 bridgehead atoms. The van der Waals surface area contributed by atoms with Gasteiger partial charge in [-0.25, -0.2) is 0 Å². The van der Waals surface area contributed by atoms with Crippen LogP contribution in [0.25, 0.3) is 11.1 Å². The highest BCUT2D eigenvalue weighted by atomic mass is 16.3. The lowest BCUT2D eigenvalue weighted by Gasteiger charge is -2.28. The van der Waals surface area contributed by atoms with E-state index < -0.39 is 5.60 Å². The SMILES string of the molecule is CCCCN(CC#CC[C@@](O)(c1ccccc1)c1ccc(-c2ccccc2)cc1)CCCC. The summed E-state index contributed by atoms with van der Waals surface area (Å²) in [4.78, 5) is 2.44. The summed E-state index contributed by atoms with van der Waals surface area (Å²) < 4.78 is 0. The van der Waals surface area contributed by atoms with E-state index in [1.807, 2.05) is 60.7 Å². The van der Waals surface area contributed by atoms with Gasteiger partial charge in [0.15, 0.2) is 0 Å². The molecule has 2 nitrogen and oxygen atoms in total. The predicted octanol–water partition coefficient (Wildman–Crippen LogP) is 6.89. The molecule has 0 saturated carbocycles. The number of hydrogen-bond acceptors (Lipinski definition) is 2. The lowest BCUT2D eigenvalue weighted by molar-refractivity contribution is 0.0865. The smallest absolute Gasteiger partial charge is 0.125 e. The molecule has 2 heteroatoms. The molecule has 0 spiro atoms. The van der Waals surface area contributed by atoms with Crippen molar-refractivity contribution in [2.24, 2.45) is 0 Å². The fourth-order valence-electron chi connectivity index (χ4n) is 4.05. The summed E-state index contributed by atoms with van der Waals surface area (Å²) in [5.74, 6) is 6.66. The van der Waals surface area contributed by atoms with Gasteiger partial charge in [-0.3, -0.25) is 4.90 Å². The summed E-state index contributed by atoms with van der Waals surface area (Å²) in [7, 11) is 0. The third-order valence-corrected chi connectivity index (χ3v) is 6.15. The van der Waals surface area contributed by atoms with Gasteiger partial charge in [0.2, 0.25) is 0 Å². The van der Waals surface area contributed by atoms with Gasteiger partial charge in [0, 0.05) is 6.42 Å². The molecule has 0 aliphatic carbocycles. The number of unbranched alkanes of at least 4 members (excludes halogenated alkanes) is 2. The third-order valence-electron chi connectivity index (χ3n) is 6.15. The Morgan fingerprint density at radius 2 is 1.18 bits per heavy atom. The van der Waals surface area contributed by atoms with Crippen molar-refractivity contribution in [1.82, 2.24) is 4.90 Å². The van der Waals surface area contributed by atoms with Crippen LogP contribution in [0, 0.1) is 11.8 Å². The molecule has 0 saturated heterocycles. The highest BCUT2D eigenvalue weighted by Crippen LogP contribution is 2.34. The van der Waals surface area contributed by atoms with Crippen molar-refractivity contribution in [3.05, 3.63) is 96.1 Å². The molecular weight excluding hydrogens is 402 g/mol. The van der Waals surface area contributed by atoms with Crippen LogP contribution in [0.15, 0.2) is 84.9 Å². The Hall–Kier alpha value is -2.86. The van der Waals surface area contributed by atoms with Gasteiger partial charge in [0.1, 0.15) is 5.60 Å². The average Bonchev–Trinajstić information content (AvgIpc) is 2.88. The quantitative estimate of drug-likeness (QED) is 0.329. The van der Waals surface area contributed by atoms with Crippen LogP contribution in [0.1, 0.15) is 57.1 Å². The molecule has 1 N–H and O–H groups in total. The van der Waals surface area contributed by atoms with Crippen LogP contribution in [0.4, 0.5) is 0 Å². The van der Waals surface area contributed by atoms with Crippen molar-refractivity contribution in [2.75, 3.05) is 19.6 Å². The molecule has 0 radical (unpaired) electrons. The standard InChI is InChI=1S/C31H37NO/c1-3-5-24-32(25-6-4-2)26-14-13-23-31(33,29-17-11-8-12-18-29)30-21-19-28(20-22-30)27-15-9-7-10-16-27/h7-12,15-22,33H,3-6,23-26H2,1-2H3/t31-/m1/s1. The molecule has 0 aliphatic heterocycles. The van der Waals surface area contributed by atoms with Gasteiger partial charge < -0.3 is 5.11 Å². The second kappa shape index (κ2) is 13.0. The van der Waals surface area contributed by atoms with Crippen molar-refractivity contribution in [3.63, 3.8) is 0 Å². The topological polar surface area (TPSA) is 23.5 Å². The molecule has 3 aromatic rings. The fourth-order valence-corrected chi connectivity index (χ4v) is 4.05. The second-order valence-electron chi connectivity index (χ2n) is 8.68. The molecule has 3 aromatic carbocycles. The number of hydrogen-bond donors (Lipinski definition) is 1. The third kappa shape index (κ3) is 7.06. The molecule has 3 rings (SSSR count). The molecule has 0 aliphatic rings. The summed E-state index contributed by atoms with van der Waals surface area (Å²) >= 11 is 0. The Balaban J connectivity index is 1.80. The summed E-state index contributed by atoms with van der Waals surface area (Å²) in [6.07, 6.45) is 5.17. The Morgan fingerprint density at radius 3 is 1.76 bits per heavy atom. The first-order chi connectivity index (χ1) is 16.2. The van der Waals surface area contributed by atoms with Crippen LogP contribution in [0.5, 0.6) is 0 Å². The highest BCUT2D eigenvalue weighted by Gasteiger charge is 2.30. The van der Waals surface area contributed by atoms with Crippen LogP contribution in [0.2, 0.25) is 0 Å². The van der Waals surface area contributed by atoms with E-state index in [1.165, 1.54) is 31.2 Å². The molecule has 0 amide bonds. The van der Waals surface area contributed by atoms with Crippen molar-refractivity contribution in [1.29, 1.82) is 0 Å². The normalized spacial score (nSPS) is 12.7. The van der Waals surface area contributed by atoms with Gasteiger partial charge in [0.05, 0.1) is 6.54 Å². The van der Waals surface area contributed by atoms with Crippen molar-refractivity contribution in [2.45, 2.75) is 51.6 Å². The molecule has 0 heterocycles. The lowest BCUT2D eigenvalue weighted by atomic mass is 9.83. The van der Waals surface area contributed by atoms with Gasteiger partial charge in [0.25, 0.3) is 0 Å². The van der Waals surface area contributed by atoms with Gasteiger partial charge in [-0.1, -0.05) is 123 Å². The first-order valence-corrected chi connectivity index (χ1v) is 12.3. The van der Waals surface area contributed by atoms with Crippen molar-refractivity contribution < 1.29 is 5.11 Å². The molecule has 172 valence electrons. The maximum Gasteiger partial charge on any atom is 0.125 e. The monoisotopic (exact) mass is 439 g/mol. The number of nitrogens with zero attached hydrogens (tertiary/aromatic N) is 1. The van der Waals surface area contributed by atoms with Crippen LogP contribution < -0.4 is 0 Å². The van der Waals surface area contributed by atoms with E-state index in [4.69, 9.17) is 0 Å². The maximum atomic E-state index is 11.8. The van der Waals surface area contributed by atoms with E-state index in [0.717, 1.165) is 36.3 Å². The summed E-state index contributed by atoms with van der Waals surface area (Å²) in [5.41, 5.74) is 2.92. The zero-order chi connectivity index (χ0) is 23.4. The minimum atomic E-state index is -1.14. The van der Waals surface area contributed by atoms with Crippen LogP contribution in [-0.4, -0.2) is 29.6 Å². The summed E-state index contributed by atoms with van der Waals surface area (Å²) in [6.45, 7) is 7.40. The van der Waals surface area contributed by atoms with Crippen LogP contribution in [-0.2, 0) is 5.60 Å². The molecular formula is C31H37NO. The minimum Gasteiger partial charge on any atom is -0.379 e. The molecule has 0 aromatic heterocycles. The van der Waals surface area contributed by atoms with Gasteiger partial charge in [-0.2, -0.15) is 0 Å².